The van der Waals surface area contributed by atoms with Gasteiger partial charge in [-0.2, -0.15) is 0 Å². The van der Waals surface area contributed by atoms with Crippen molar-refractivity contribution >= 4 is 0 Å². The zero-order valence-electron chi connectivity index (χ0n) is 11.1. The van der Waals surface area contributed by atoms with E-state index in [-0.39, 0.29) is 0 Å². The van der Waals surface area contributed by atoms with Crippen molar-refractivity contribution < 1.29 is 4.74 Å². The standard InChI is InChI=1S/C14H27NO/c1-5-15-10-12(2)11-16-13-6-8-14(3,4)9-7-13/h13,15H,2,5-11H2,1,3-4H3. The highest BCUT2D eigenvalue weighted by molar-refractivity contribution is 4.97. The van der Waals surface area contributed by atoms with Crippen molar-refractivity contribution in [3.8, 4) is 0 Å². The first-order chi connectivity index (χ1) is 7.53. The molecular weight excluding hydrogens is 198 g/mol. The number of rotatable bonds is 6. The minimum absolute atomic E-state index is 0.464. The van der Waals surface area contributed by atoms with Gasteiger partial charge in [0.15, 0.2) is 0 Å². The third-order valence-electron chi connectivity index (χ3n) is 3.43. The molecule has 0 saturated heterocycles. The van der Waals surface area contributed by atoms with Gasteiger partial charge in [0.25, 0.3) is 0 Å². The molecule has 1 aliphatic carbocycles. The number of hydrogen-bond donors (Lipinski definition) is 1. The number of hydrogen-bond acceptors (Lipinski definition) is 2. The zero-order chi connectivity index (χ0) is 12.0. The highest BCUT2D eigenvalue weighted by Gasteiger charge is 2.26. The van der Waals surface area contributed by atoms with Crippen LogP contribution in [0.15, 0.2) is 12.2 Å². The van der Waals surface area contributed by atoms with Gasteiger partial charge in [-0.1, -0.05) is 27.4 Å². The van der Waals surface area contributed by atoms with E-state index in [2.05, 4.69) is 32.7 Å². The minimum atomic E-state index is 0.464. The molecule has 0 amide bonds. The molecule has 1 fully saturated rings. The maximum atomic E-state index is 5.90. The molecule has 2 heteroatoms. The predicted octanol–water partition coefficient (Wildman–Crippen LogP) is 3.14. The van der Waals surface area contributed by atoms with Crippen LogP contribution in [0.25, 0.3) is 0 Å². The second kappa shape index (κ2) is 6.41. The van der Waals surface area contributed by atoms with Gasteiger partial charge >= 0.3 is 0 Å². The van der Waals surface area contributed by atoms with Gasteiger partial charge in [0, 0.05) is 6.54 Å². The van der Waals surface area contributed by atoms with Gasteiger partial charge < -0.3 is 10.1 Å². The molecule has 1 saturated carbocycles. The Labute approximate surface area is 100 Å². The monoisotopic (exact) mass is 225 g/mol. The van der Waals surface area contributed by atoms with Crippen LogP contribution in [0.2, 0.25) is 0 Å². The summed E-state index contributed by atoms with van der Waals surface area (Å²) >= 11 is 0. The van der Waals surface area contributed by atoms with Crippen molar-refractivity contribution in [3.63, 3.8) is 0 Å². The van der Waals surface area contributed by atoms with E-state index in [1.165, 1.54) is 25.7 Å². The lowest BCUT2D eigenvalue weighted by Gasteiger charge is -2.34. The summed E-state index contributed by atoms with van der Waals surface area (Å²) in [5, 5.41) is 3.27. The Morgan fingerprint density at radius 3 is 2.56 bits per heavy atom. The van der Waals surface area contributed by atoms with Crippen molar-refractivity contribution in [1.29, 1.82) is 0 Å². The van der Waals surface area contributed by atoms with E-state index in [0.29, 0.717) is 11.5 Å². The van der Waals surface area contributed by atoms with Crippen molar-refractivity contribution in [2.24, 2.45) is 5.41 Å². The maximum absolute atomic E-state index is 5.90. The molecule has 0 aliphatic heterocycles. The molecule has 1 N–H and O–H groups in total. The quantitative estimate of drug-likeness (QED) is 0.701. The molecule has 0 heterocycles. The van der Waals surface area contributed by atoms with E-state index in [0.717, 1.165) is 25.3 Å². The van der Waals surface area contributed by atoms with Crippen molar-refractivity contribution in [2.75, 3.05) is 19.7 Å². The first-order valence-electron chi connectivity index (χ1n) is 6.52. The van der Waals surface area contributed by atoms with Gasteiger partial charge in [0.2, 0.25) is 0 Å². The van der Waals surface area contributed by atoms with Gasteiger partial charge in [0.1, 0.15) is 0 Å². The smallest absolute Gasteiger partial charge is 0.0690 e. The summed E-state index contributed by atoms with van der Waals surface area (Å²) in [4.78, 5) is 0. The fourth-order valence-corrected chi connectivity index (χ4v) is 2.13. The predicted molar refractivity (Wildman–Crippen MR) is 69.7 cm³/mol. The topological polar surface area (TPSA) is 21.3 Å². The van der Waals surface area contributed by atoms with Gasteiger partial charge in [-0.05, 0) is 43.2 Å². The number of likely N-dealkylation sites (N-methyl/N-ethyl adjacent to an activating group) is 1. The number of nitrogens with one attached hydrogen (secondary N) is 1. The molecule has 0 aromatic rings. The summed E-state index contributed by atoms with van der Waals surface area (Å²) in [5.41, 5.74) is 1.69. The Balaban J connectivity index is 2.12. The molecule has 0 atom stereocenters. The van der Waals surface area contributed by atoms with E-state index in [9.17, 15) is 0 Å². The van der Waals surface area contributed by atoms with Crippen LogP contribution in [-0.4, -0.2) is 25.8 Å². The minimum Gasteiger partial charge on any atom is -0.374 e. The third-order valence-corrected chi connectivity index (χ3v) is 3.43. The van der Waals surface area contributed by atoms with E-state index >= 15 is 0 Å². The maximum Gasteiger partial charge on any atom is 0.0690 e. The van der Waals surface area contributed by atoms with E-state index in [1.54, 1.807) is 0 Å². The fraction of sp³-hybridized carbons (Fsp3) is 0.857. The molecule has 2 nitrogen and oxygen atoms in total. The summed E-state index contributed by atoms with van der Waals surface area (Å²) in [7, 11) is 0. The Kier molecular flexibility index (Phi) is 5.50. The Morgan fingerprint density at radius 2 is 2.00 bits per heavy atom. The number of ether oxygens (including phenoxy) is 1. The van der Waals surface area contributed by atoms with Crippen LogP contribution in [-0.2, 0) is 4.74 Å². The highest BCUT2D eigenvalue weighted by Crippen LogP contribution is 2.36. The molecule has 0 spiro atoms. The lowest BCUT2D eigenvalue weighted by atomic mass is 9.76. The van der Waals surface area contributed by atoms with Crippen LogP contribution in [0.5, 0.6) is 0 Å². The van der Waals surface area contributed by atoms with Crippen LogP contribution in [0, 0.1) is 5.41 Å². The second-order valence-electron chi connectivity index (χ2n) is 5.70. The van der Waals surface area contributed by atoms with E-state index in [1.807, 2.05) is 0 Å². The molecule has 16 heavy (non-hydrogen) atoms. The molecule has 0 unspecified atom stereocenters. The SMILES string of the molecule is C=C(CNCC)COC1CCC(C)(C)CC1. The van der Waals surface area contributed by atoms with Crippen LogP contribution in [0.4, 0.5) is 0 Å². The Bertz CT molecular complexity index is 213. The summed E-state index contributed by atoms with van der Waals surface area (Å²) in [6, 6.07) is 0. The lowest BCUT2D eigenvalue weighted by Crippen LogP contribution is -2.27. The average Bonchev–Trinajstić information content (AvgIpc) is 2.25. The summed E-state index contributed by atoms with van der Waals surface area (Å²) < 4.78 is 5.90. The lowest BCUT2D eigenvalue weighted by molar-refractivity contribution is 0.0154. The molecule has 1 rings (SSSR count). The molecular formula is C14H27NO. The average molecular weight is 225 g/mol. The van der Waals surface area contributed by atoms with Crippen LogP contribution < -0.4 is 5.32 Å². The van der Waals surface area contributed by atoms with E-state index in [4.69, 9.17) is 4.74 Å². The first kappa shape index (κ1) is 13.7. The largest absolute Gasteiger partial charge is 0.374 e. The van der Waals surface area contributed by atoms with Crippen LogP contribution in [0.1, 0.15) is 46.5 Å². The first-order valence-corrected chi connectivity index (χ1v) is 6.52. The van der Waals surface area contributed by atoms with Gasteiger partial charge in [-0.15, -0.1) is 0 Å². The van der Waals surface area contributed by atoms with Gasteiger partial charge in [0.05, 0.1) is 12.7 Å². The molecule has 0 aromatic heterocycles. The molecule has 0 bridgehead atoms. The van der Waals surface area contributed by atoms with Gasteiger partial charge in [-0.3, -0.25) is 0 Å². The fourth-order valence-electron chi connectivity index (χ4n) is 2.13. The molecule has 0 radical (unpaired) electrons. The second-order valence-corrected chi connectivity index (χ2v) is 5.70. The summed E-state index contributed by atoms with van der Waals surface area (Å²) in [6.45, 7) is 13.4. The Morgan fingerprint density at radius 1 is 1.38 bits per heavy atom. The van der Waals surface area contributed by atoms with Gasteiger partial charge in [-0.25, -0.2) is 0 Å². The summed E-state index contributed by atoms with van der Waals surface area (Å²) in [6.07, 6.45) is 5.46. The van der Waals surface area contributed by atoms with Crippen molar-refractivity contribution in [1.82, 2.24) is 5.32 Å². The molecule has 0 aromatic carbocycles. The van der Waals surface area contributed by atoms with Crippen molar-refractivity contribution in [3.05, 3.63) is 12.2 Å². The zero-order valence-corrected chi connectivity index (χ0v) is 11.1. The Hall–Kier alpha value is -0.340. The normalized spacial score (nSPS) is 20.9. The van der Waals surface area contributed by atoms with E-state index < -0.39 is 0 Å². The van der Waals surface area contributed by atoms with Crippen molar-refractivity contribution in [2.45, 2.75) is 52.6 Å². The van der Waals surface area contributed by atoms with Crippen LogP contribution in [0.3, 0.4) is 0 Å². The highest BCUT2D eigenvalue weighted by atomic mass is 16.5. The third kappa shape index (κ3) is 5.13. The van der Waals surface area contributed by atoms with Crippen LogP contribution >= 0.6 is 0 Å². The molecule has 1 aliphatic rings. The summed E-state index contributed by atoms with van der Waals surface area (Å²) in [5.74, 6) is 0. The molecule has 94 valence electrons.